The highest BCUT2D eigenvalue weighted by molar-refractivity contribution is 7.93. The maximum Gasteiger partial charge on any atom is 0.269 e. The Hall–Kier alpha value is -2.15. The largest absolute Gasteiger partial charge is 0.398 e. The molecule has 0 aliphatic rings. The molecular formula is C13H14FN3O2S. The van der Waals surface area contributed by atoms with Gasteiger partial charge in [0.2, 0.25) is 0 Å². The lowest BCUT2D eigenvalue weighted by molar-refractivity contribution is 0.565. The molecule has 1 aromatic heterocycles. The number of hydrogen-bond acceptors (Lipinski definition) is 4. The Kier molecular flexibility index (Phi) is 3.89. The number of nitrogens with zero attached hydrogens (tertiary/aromatic N) is 2. The molecule has 1 heterocycles. The van der Waals surface area contributed by atoms with Gasteiger partial charge in [-0.3, -0.25) is 9.29 Å². The van der Waals surface area contributed by atoms with Crippen LogP contribution in [0.5, 0.6) is 0 Å². The smallest absolute Gasteiger partial charge is 0.269 e. The molecule has 0 atom stereocenters. The maximum absolute atomic E-state index is 13.9. The van der Waals surface area contributed by atoms with Crippen molar-refractivity contribution in [1.29, 1.82) is 0 Å². The van der Waals surface area contributed by atoms with Gasteiger partial charge in [0, 0.05) is 18.9 Å². The monoisotopic (exact) mass is 295 g/mol. The van der Waals surface area contributed by atoms with E-state index in [2.05, 4.69) is 4.98 Å². The van der Waals surface area contributed by atoms with Crippen LogP contribution in [-0.2, 0) is 10.0 Å². The summed E-state index contributed by atoms with van der Waals surface area (Å²) in [5.41, 5.74) is 5.91. The van der Waals surface area contributed by atoms with Crippen molar-refractivity contribution in [2.75, 3.05) is 16.6 Å². The Morgan fingerprint density at radius 1 is 1.25 bits per heavy atom. The summed E-state index contributed by atoms with van der Waals surface area (Å²) in [5.74, 6) is -0.863. The minimum absolute atomic E-state index is 0.113. The number of aromatic nitrogens is 1. The van der Waals surface area contributed by atoms with Gasteiger partial charge in [0.25, 0.3) is 10.0 Å². The third-order valence-electron chi connectivity index (χ3n) is 2.78. The van der Waals surface area contributed by atoms with E-state index in [9.17, 15) is 12.8 Å². The van der Waals surface area contributed by atoms with Crippen molar-refractivity contribution in [3.05, 3.63) is 48.5 Å². The molecule has 0 spiro atoms. The number of anilines is 2. The van der Waals surface area contributed by atoms with Gasteiger partial charge < -0.3 is 5.73 Å². The van der Waals surface area contributed by atoms with Crippen LogP contribution in [0.3, 0.4) is 0 Å². The molecule has 7 heteroatoms. The predicted molar refractivity (Wildman–Crippen MR) is 75.3 cm³/mol. The molecule has 0 radical (unpaired) electrons. The van der Waals surface area contributed by atoms with Gasteiger partial charge >= 0.3 is 0 Å². The second-order valence-electron chi connectivity index (χ2n) is 4.03. The molecule has 0 bridgehead atoms. The first-order chi connectivity index (χ1) is 9.48. The highest BCUT2D eigenvalue weighted by Crippen LogP contribution is 2.28. The van der Waals surface area contributed by atoms with E-state index in [0.29, 0.717) is 5.69 Å². The fourth-order valence-electron chi connectivity index (χ4n) is 1.91. The van der Waals surface area contributed by atoms with Crippen LogP contribution >= 0.6 is 0 Å². The lowest BCUT2D eigenvalue weighted by atomic mass is 10.3. The molecule has 2 rings (SSSR count). The van der Waals surface area contributed by atoms with Gasteiger partial charge in [0.15, 0.2) is 0 Å². The summed E-state index contributed by atoms with van der Waals surface area (Å²) < 4.78 is 40.1. The summed E-state index contributed by atoms with van der Waals surface area (Å²) in [4.78, 5) is 3.33. The van der Waals surface area contributed by atoms with E-state index in [1.54, 1.807) is 6.92 Å². The number of pyridine rings is 1. The van der Waals surface area contributed by atoms with E-state index in [1.165, 1.54) is 36.7 Å². The van der Waals surface area contributed by atoms with E-state index in [0.717, 1.165) is 10.4 Å². The average molecular weight is 295 g/mol. The third-order valence-corrected chi connectivity index (χ3v) is 4.78. The van der Waals surface area contributed by atoms with Crippen molar-refractivity contribution in [2.45, 2.75) is 11.8 Å². The normalized spacial score (nSPS) is 11.3. The predicted octanol–water partition coefficient (Wildman–Crippen LogP) is 2.02. The van der Waals surface area contributed by atoms with Crippen molar-refractivity contribution < 1.29 is 12.8 Å². The lowest BCUT2D eigenvalue weighted by Gasteiger charge is -2.23. The van der Waals surface area contributed by atoms with Crippen LogP contribution in [0, 0.1) is 5.82 Å². The Morgan fingerprint density at radius 2 is 1.90 bits per heavy atom. The first kappa shape index (κ1) is 14.3. The van der Waals surface area contributed by atoms with Crippen LogP contribution in [0.25, 0.3) is 0 Å². The van der Waals surface area contributed by atoms with Crippen LogP contribution in [-0.4, -0.2) is 19.9 Å². The SMILES string of the molecule is CCN(c1ccncc1)S(=O)(=O)c1c(N)cccc1F. The number of sulfonamides is 1. The van der Waals surface area contributed by atoms with Crippen LogP contribution in [0.1, 0.15) is 6.92 Å². The van der Waals surface area contributed by atoms with E-state index in [4.69, 9.17) is 5.73 Å². The van der Waals surface area contributed by atoms with Crippen molar-refractivity contribution in [3.8, 4) is 0 Å². The molecule has 2 N–H and O–H groups in total. The van der Waals surface area contributed by atoms with Crippen molar-refractivity contribution in [2.24, 2.45) is 0 Å². The zero-order valence-corrected chi connectivity index (χ0v) is 11.6. The quantitative estimate of drug-likeness (QED) is 0.875. The summed E-state index contributed by atoms with van der Waals surface area (Å²) >= 11 is 0. The van der Waals surface area contributed by atoms with Gasteiger partial charge in [-0.1, -0.05) is 6.07 Å². The van der Waals surface area contributed by atoms with Crippen molar-refractivity contribution in [3.63, 3.8) is 0 Å². The minimum Gasteiger partial charge on any atom is -0.398 e. The van der Waals surface area contributed by atoms with Crippen LogP contribution in [0.15, 0.2) is 47.6 Å². The maximum atomic E-state index is 13.9. The molecule has 0 fully saturated rings. The summed E-state index contributed by atoms with van der Waals surface area (Å²) in [5, 5.41) is 0. The molecule has 0 unspecified atom stereocenters. The fraction of sp³-hybridized carbons (Fsp3) is 0.154. The molecule has 0 saturated heterocycles. The number of hydrogen-bond donors (Lipinski definition) is 1. The van der Waals surface area contributed by atoms with Crippen LogP contribution < -0.4 is 10.0 Å². The zero-order valence-electron chi connectivity index (χ0n) is 10.8. The van der Waals surface area contributed by atoms with Crippen molar-refractivity contribution in [1.82, 2.24) is 4.98 Å². The standard InChI is InChI=1S/C13H14FN3O2S/c1-2-17(10-6-8-16-9-7-10)20(18,19)13-11(14)4-3-5-12(13)15/h3-9H,2,15H2,1H3. The minimum atomic E-state index is -4.06. The molecule has 106 valence electrons. The Labute approximate surface area is 116 Å². The van der Waals surface area contributed by atoms with E-state index >= 15 is 0 Å². The lowest BCUT2D eigenvalue weighted by Crippen LogP contribution is -2.32. The molecule has 20 heavy (non-hydrogen) atoms. The molecule has 2 aromatic rings. The third kappa shape index (κ3) is 2.44. The van der Waals surface area contributed by atoms with Crippen molar-refractivity contribution >= 4 is 21.4 Å². The Bertz CT molecular complexity index is 685. The molecule has 5 nitrogen and oxygen atoms in total. The summed E-state index contributed by atoms with van der Waals surface area (Å²) in [6, 6.07) is 6.88. The van der Waals surface area contributed by atoms with Crippen LogP contribution in [0.2, 0.25) is 0 Å². The molecule has 0 saturated carbocycles. The first-order valence-corrected chi connectivity index (χ1v) is 7.39. The first-order valence-electron chi connectivity index (χ1n) is 5.95. The average Bonchev–Trinajstić information content (AvgIpc) is 2.40. The van der Waals surface area contributed by atoms with E-state index in [1.807, 2.05) is 0 Å². The number of nitrogens with two attached hydrogens (primary N) is 1. The zero-order chi connectivity index (χ0) is 14.8. The molecule has 0 amide bonds. The highest BCUT2D eigenvalue weighted by Gasteiger charge is 2.28. The second-order valence-corrected chi connectivity index (χ2v) is 5.83. The van der Waals surface area contributed by atoms with E-state index < -0.39 is 20.7 Å². The second kappa shape index (κ2) is 5.46. The van der Waals surface area contributed by atoms with Gasteiger partial charge in [-0.15, -0.1) is 0 Å². The number of rotatable bonds is 4. The Balaban J connectivity index is 2.59. The number of benzene rings is 1. The summed E-state index contributed by atoms with van der Waals surface area (Å²) in [6.45, 7) is 1.81. The molecule has 1 aromatic carbocycles. The van der Waals surface area contributed by atoms with Gasteiger partial charge in [0.1, 0.15) is 10.7 Å². The van der Waals surface area contributed by atoms with Gasteiger partial charge in [0.05, 0.1) is 11.4 Å². The fourth-order valence-corrected chi connectivity index (χ4v) is 3.55. The summed E-state index contributed by atoms with van der Waals surface area (Å²) in [7, 11) is -4.06. The Morgan fingerprint density at radius 3 is 2.45 bits per heavy atom. The highest BCUT2D eigenvalue weighted by atomic mass is 32.2. The molecule has 0 aliphatic heterocycles. The van der Waals surface area contributed by atoms with Crippen LogP contribution in [0.4, 0.5) is 15.8 Å². The summed E-state index contributed by atoms with van der Waals surface area (Å²) in [6.07, 6.45) is 2.94. The molecular weight excluding hydrogens is 281 g/mol. The van der Waals surface area contributed by atoms with E-state index in [-0.39, 0.29) is 12.2 Å². The van der Waals surface area contributed by atoms with Gasteiger partial charge in [-0.2, -0.15) is 0 Å². The topological polar surface area (TPSA) is 76.3 Å². The van der Waals surface area contributed by atoms with Gasteiger partial charge in [-0.05, 0) is 31.2 Å². The molecule has 0 aliphatic carbocycles. The number of nitrogen functional groups attached to an aromatic ring is 1. The van der Waals surface area contributed by atoms with Gasteiger partial charge in [-0.25, -0.2) is 12.8 Å². The number of halogens is 1.